The summed E-state index contributed by atoms with van der Waals surface area (Å²) in [5.41, 5.74) is 0.566. The van der Waals surface area contributed by atoms with E-state index >= 15 is 0 Å². The van der Waals surface area contributed by atoms with Gasteiger partial charge in [0.05, 0.1) is 17.3 Å². The average molecular weight is 315 g/mol. The number of nitrogens with one attached hydrogen (secondary N) is 1. The summed E-state index contributed by atoms with van der Waals surface area (Å²) >= 11 is 6.14. The topological polar surface area (TPSA) is 50.8 Å². The van der Waals surface area contributed by atoms with Crippen LogP contribution in [0.2, 0.25) is 5.02 Å². The molecule has 1 aromatic rings. The number of nitrogens with zero attached hydrogens (tertiary/aromatic N) is 1. The molecule has 0 spiro atoms. The number of carbonyl (C=O) groups is 1. The van der Waals surface area contributed by atoms with Crippen LogP contribution in [0.1, 0.15) is 20.8 Å². The highest BCUT2D eigenvalue weighted by atomic mass is 35.5. The van der Waals surface area contributed by atoms with Gasteiger partial charge in [-0.05, 0) is 32.9 Å². The lowest BCUT2D eigenvalue weighted by atomic mass is 10.3. The van der Waals surface area contributed by atoms with Crippen molar-refractivity contribution < 1.29 is 14.3 Å². The fourth-order valence-corrected chi connectivity index (χ4v) is 2.04. The van der Waals surface area contributed by atoms with Crippen LogP contribution in [0, 0.1) is 0 Å². The van der Waals surface area contributed by atoms with Gasteiger partial charge in [0.25, 0.3) is 0 Å². The number of carbonyl (C=O) groups excluding carboxylic acids is 1. The normalized spacial score (nSPS) is 10.3. The van der Waals surface area contributed by atoms with Gasteiger partial charge in [0, 0.05) is 19.7 Å². The molecule has 0 aliphatic carbocycles. The van der Waals surface area contributed by atoms with Crippen LogP contribution in [0.15, 0.2) is 18.2 Å². The van der Waals surface area contributed by atoms with Crippen molar-refractivity contribution in [3.8, 4) is 5.75 Å². The minimum Gasteiger partial charge on any atom is -0.487 e. The van der Waals surface area contributed by atoms with E-state index in [1.165, 1.54) is 0 Å². The second-order valence-corrected chi connectivity index (χ2v) is 4.67. The molecule has 0 saturated carbocycles. The second-order valence-electron chi connectivity index (χ2n) is 4.26. The lowest BCUT2D eigenvalue weighted by molar-refractivity contribution is 0.110. The third-order valence-electron chi connectivity index (χ3n) is 2.94. The molecule has 1 rings (SSSR count). The number of anilines is 1. The third-order valence-corrected chi connectivity index (χ3v) is 3.24. The quantitative estimate of drug-likeness (QED) is 0.745. The number of rotatable bonds is 8. The maximum absolute atomic E-state index is 12.1. The maximum atomic E-state index is 12.1. The fraction of sp³-hybridized carbons (Fsp3) is 0.533. The van der Waals surface area contributed by atoms with Gasteiger partial charge >= 0.3 is 6.03 Å². The van der Waals surface area contributed by atoms with E-state index in [4.69, 9.17) is 21.1 Å². The van der Waals surface area contributed by atoms with Gasteiger partial charge in [-0.2, -0.15) is 0 Å². The second kappa shape index (κ2) is 9.47. The van der Waals surface area contributed by atoms with E-state index in [9.17, 15) is 4.79 Å². The minimum atomic E-state index is -0.170. The van der Waals surface area contributed by atoms with E-state index in [0.29, 0.717) is 49.4 Å². The van der Waals surface area contributed by atoms with Crippen LogP contribution in [0.4, 0.5) is 10.5 Å². The first-order valence-electron chi connectivity index (χ1n) is 7.18. The first-order valence-corrected chi connectivity index (χ1v) is 7.56. The molecule has 5 nitrogen and oxygen atoms in total. The summed E-state index contributed by atoms with van der Waals surface area (Å²) in [6, 6.07) is 5.10. The molecule has 1 aromatic carbocycles. The molecule has 0 atom stereocenters. The van der Waals surface area contributed by atoms with Crippen LogP contribution < -0.4 is 10.1 Å². The summed E-state index contributed by atoms with van der Waals surface area (Å²) in [5.74, 6) is 0.472. The predicted molar refractivity (Wildman–Crippen MR) is 85.4 cm³/mol. The first kappa shape index (κ1) is 17.6. The Morgan fingerprint density at radius 1 is 1.24 bits per heavy atom. The molecule has 0 radical (unpaired) electrons. The Labute approximate surface area is 131 Å². The molecule has 0 unspecified atom stereocenters. The molecule has 0 aliphatic heterocycles. The van der Waals surface area contributed by atoms with Gasteiger partial charge in [0.1, 0.15) is 6.61 Å². The Balaban J connectivity index is 2.77. The highest BCUT2D eigenvalue weighted by molar-refractivity contribution is 6.32. The molecule has 6 heteroatoms. The summed E-state index contributed by atoms with van der Waals surface area (Å²) in [6.45, 7) is 8.56. The summed E-state index contributed by atoms with van der Waals surface area (Å²) < 4.78 is 10.9. The van der Waals surface area contributed by atoms with E-state index in [0.717, 1.165) is 0 Å². The Hall–Kier alpha value is -1.46. The van der Waals surface area contributed by atoms with Crippen molar-refractivity contribution in [1.29, 1.82) is 0 Å². The molecule has 0 aromatic heterocycles. The highest BCUT2D eigenvalue weighted by Crippen LogP contribution is 2.33. The number of halogens is 1. The molecule has 118 valence electrons. The molecule has 2 amide bonds. The Kier molecular flexibility index (Phi) is 7.93. The van der Waals surface area contributed by atoms with Gasteiger partial charge in [-0.25, -0.2) is 4.79 Å². The zero-order chi connectivity index (χ0) is 15.7. The number of ether oxygens (including phenoxy) is 2. The van der Waals surface area contributed by atoms with Crippen LogP contribution in [0.3, 0.4) is 0 Å². The summed E-state index contributed by atoms with van der Waals surface area (Å²) in [5, 5.41) is 3.29. The molecule has 0 heterocycles. The monoisotopic (exact) mass is 314 g/mol. The van der Waals surface area contributed by atoms with Gasteiger partial charge in [-0.1, -0.05) is 17.7 Å². The van der Waals surface area contributed by atoms with Crippen molar-refractivity contribution in [3.63, 3.8) is 0 Å². The van der Waals surface area contributed by atoms with E-state index in [2.05, 4.69) is 5.32 Å². The molecular weight excluding hydrogens is 292 g/mol. The molecule has 21 heavy (non-hydrogen) atoms. The van der Waals surface area contributed by atoms with Gasteiger partial charge in [-0.3, -0.25) is 0 Å². The lowest BCUT2D eigenvalue weighted by Crippen LogP contribution is -2.34. The van der Waals surface area contributed by atoms with Crippen LogP contribution in [0.25, 0.3) is 0 Å². The van der Waals surface area contributed by atoms with Crippen molar-refractivity contribution in [2.24, 2.45) is 0 Å². The van der Waals surface area contributed by atoms with E-state index in [1.807, 2.05) is 20.8 Å². The van der Waals surface area contributed by atoms with Gasteiger partial charge < -0.3 is 19.7 Å². The molecular formula is C15H23ClN2O3. The predicted octanol–water partition coefficient (Wildman–Crippen LogP) is 3.63. The number of benzene rings is 1. The smallest absolute Gasteiger partial charge is 0.321 e. The minimum absolute atomic E-state index is 0.170. The first-order chi connectivity index (χ1) is 10.1. The highest BCUT2D eigenvalue weighted by Gasteiger charge is 2.14. The molecule has 0 fully saturated rings. The Bertz CT molecular complexity index is 451. The van der Waals surface area contributed by atoms with Gasteiger partial charge in [-0.15, -0.1) is 0 Å². The summed E-state index contributed by atoms with van der Waals surface area (Å²) in [6.07, 6.45) is 0. The van der Waals surface area contributed by atoms with E-state index in [-0.39, 0.29) is 6.03 Å². The number of amides is 2. The van der Waals surface area contributed by atoms with Crippen molar-refractivity contribution in [2.75, 3.05) is 38.2 Å². The standard InChI is InChI=1S/C15H23ClN2O3/c1-4-18(5-2)15(19)17-13-9-7-8-12(16)14(13)21-11-10-20-6-3/h7-9H,4-6,10-11H2,1-3H3,(H,17,19). The van der Waals surface area contributed by atoms with Gasteiger partial charge in [0.15, 0.2) is 5.75 Å². The van der Waals surface area contributed by atoms with Crippen LogP contribution in [-0.2, 0) is 4.74 Å². The Morgan fingerprint density at radius 2 is 1.95 bits per heavy atom. The molecule has 0 saturated heterocycles. The number of urea groups is 1. The third kappa shape index (κ3) is 5.44. The van der Waals surface area contributed by atoms with Crippen LogP contribution in [-0.4, -0.2) is 43.8 Å². The van der Waals surface area contributed by atoms with Gasteiger partial charge in [0.2, 0.25) is 0 Å². The number of para-hydroxylation sites is 1. The lowest BCUT2D eigenvalue weighted by Gasteiger charge is -2.21. The molecule has 1 N–H and O–H groups in total. The van der Waals surface area contributed by atoms with Crippen molar-refractivity contribution >= 4 is 23.3 Å². The van der Waals surface area contributed by atoms with Crippen molar-refractivity contribution in [2.45, 2.75) is 20.8 Å². The molecule has 0 bridgehead atoms. The summed E-state index contributed by atoms with van der Waals surface area (Å²) in [4.78, 5) is 13.8. The van der Waals surface area contributed by atoms with E-state index in [1.54, 1.807) is 23.1 Å². The SMILES string of the molecule is CCOCCOc1c(Cl)cccc1NC(=O)N(CC)CC. The number of hydrogen-bond donors (Lipinski definition) is 1. The van der Waals surface area contributed by atoms with E-state index < -0.39 is 0 Å². The number of hydrogen-bond acceptors (Lipinski definition) is 3. The zero-order valence-electron chi connectivity index (χ0n) is 12.8. The summed E-state index contributed by atoms with van der Waals surface area (Å²) in [7, 11) is 0. The largest absolute Gasteiger partial charge is 0.487 e. The van der Waals surface area contributed by atoms with Crippen LogP contribution in [0.5, 0.6) is 5.75 Å². The molecule has 0 aliphatic rings. The van der Waals surface area contributed by atoms with Crippen LogP contribution >= 0.6 is 11.6 Å². The fourth-order valence-electron chi connectivity index (χ4n) is 1.81. The van der Waals surface area contributed by atoms with Crippen molar-refractivity contribution in [1.82, 2.24) is 4.90 Å². The average Bonchev–Trinajstić information content (AvgIpc) is 2.47. The van der Waals surface area contributed by atoms with Crippen molar-refractivity contribution in [3.05, 3.63) is 23.2 Å². The Morgan fingerprint density at radius 3 is 2.57 bits per heavy atom. The maximum Gasteiger partial charge on any atom is 0.321 e. The zero-order valence-corrected chi connectivity index (χ0v) is 13.6.